The lowest BCUT2D eigenvalue weighted by Gasteiger charge is -2.39. The number of fused-ring (bicyclic) bond motifs is 1. The summed E-state index contributed by atoms with van der Waals surface area (Å²) in [4.78, 5) is 20.9. The number of aryl methyl sites for hydroxylation is 1. The van der Waals surface area contributed by atoms with Crippen LogP contribution in [0.3, 0.4) is 0 Å². The monoisotopic (exact) mass is 381 g/mol. The van der Waals surface area contributed by atoms with Crippen molar-refractivity contribution in [2.75, 3.05) is 25.4 Å². The number of rotatable bonds is 2. The molecule has 1 saturated heterocycles. The number of nitrogens with zero attached hydrogens (tertiary/aromatic N) is 2. The van der Waals surface area contributed by atoms with Crippen LogP contribution in [-0.2, 0) is 11.2 Å². The van der Waals surface area contributed by atoms with Crippen molar-refractivity contribution in [2.24, 2.45) is 0 Å². The van der Waals surface area contributed by atoms with Crippen LogP contribution in [0.2, 0.25) is 0 Å². The maximum Gasteiger partial charge on any atom is 0.240 e. The lowest BCUT2D eigenvalue weighted by molar-refractivity contribution is -0.134. The first-order valence-electron chi connectivity index (χ1n) is 7.93. The third-order valence-electron chi connectivity index (χ3n) is 4.50. The summed E-state index contributed by atoms with van der Waals surface area (Å²) in [5.74, 6) is 1.29. The Bertz CT molecular complexity index is 694. The Kier molecular flexibility index (Phi) is 5.81. The first-order chi connectivity index (χ1) is 11.3. The zero-order valence-electron chi connectivity index (χ0n) is 13.2. The molecule has 2 aromatic heterocycles. The first-order valence-corrected chi connectivity index (χ1v) is 9.86. The molecule has 1 fully saturated rings. The summed E-state index contributed by atoms with van der Waals surface area (Å²) < 4.78 is 0. The van der Waals surface area contributed by atoms with Gasteiger partial charge in [-0.05, 0) is 40.8 Å². The van der Waals surface area contributed by atoms with Gasteiger partial charge in [0.05, 0.1) is 6.04 Å². The van der Waals surface area contributed by atoms with Gasteiger partial charge in [0.1, 0.15) is 5.25 Å². The molecular formula is C17H20ClN3OS2. The molecule has 2 unspecified atom stereocenters. The van der Waals surface area contributed by atoms with E-state index >= 15 is 0 Å². The predicted molar refractivity (Wildman–Crippen MR) is 102 cm³/mol. The Balaban J connectivity index is 0.00000169. The lowest BCUT2D eigenvalue weighted by Crippen LogP contribution is -2.50. The Labute approximate surface area is 156 Å². The van der Waals surface area contributed by atoms with Gasteiger partial charge in [0.25, 0.3) is 0 Å². The molecular weight excluding hydrogens is 362 g/mol. The van der Waals surface area contributed by atoms with Crippen LogP contribution in [0.1, 0.15) is 27.3 Å². The van der Waals surface area contributed by atoms with Crippen LogP contribution in [0.5, 0.6) is 0 Å². The number of aromatic nitrogens is 1. The van der Waals surface area contributed by atoms with Crippen LogP contribution in [0, 0.1) is 0 Å². The number of carbonyl (C=O) groups excluding carboxylic acids is 1. The zero-order chi connectivity index (χ0) is 15.6. The lowest BCUT2D eigenvalue weighted by atomic mass is 10.0. The maximum atomic E-state index is 13.3. The van der Waals surface area contributed by atoms with Gasteiger partial charge in [0.2, 0.25) is 5.91 Å². The molecule has 2 atom stereocenters. The van der Waals surface area contributed by atoms with E-state index in [4.69, 9.17) is 0 Å². The molecule has 7 heteroatoms. The van der Waals surface area contributed by atoms with E-state index < -0.39 is 0 Å². The third-order valence-corrected chi connectivity index (χ3v) is 6.72. The fraction of sp³-hybridized carbons (Fsp3) is 0.412. The van der Waals surface area contributed by atoms with Crippen LogP contribution in [0.25, 0.3) is 0 Å². The third kappa shape index (κ3) is 3.33. The van der Waals surface area contributed by atoms with E-state index in [2.05, 4.69) is 32.7 Å². The van der Waals surface area contributed by atoms with Crippen molar-refractivity contribution < 1.29 is 4.79 Å². The van der Waals surface area contributed by atoms with E-state index in [9.17, 15) is 4.79 Å². The standard InChI is InChI=1S/C17H19N3OS2.ClH/c21-17(16-13-3-8-22-15(13)4-9-23-16)20-7-6-19-11-14(20)12-2-1-5-18-10-12;/h1-3,5,8,10,14,16,19H,4,6-7,9,11H2;1H. The molecule has 24 heavy (non-hydrogen) atoms. The van der Waals surface area contributed by atoms with E-state index in [0.717, 1.165) is 37.4 Å². The highest BCUT2D eigenvalue weighted by atomic mass is 35.5. The Morgan fingerprint density at radius 1 is 1.38 bits per heavy atom. The molecule has 0 spiro atoms. The van der Waals surface area contributed by atoms with Gasteiger partial charge in [-0.15, -0.1) is 35.5 Å². The van der Waals surface area contributed by atoms with Crippen LogP contribution >= 0.6 is 35.5 Å². The summed E-state index contributed by atoms with van der Waals surface area (Å²) in [5.41, 5.74) is 2.35. The van der Waals surface area contributed by atoms with E-state index in [0.29, 0.717) is 0 Å². The smallest absolute Gasteiger partial charge is 0.240 e. The first kappa shape index (κ1) is 17.7. The van der Waals surface area contributed by atoms with Crippen LogP contribution in [0.15, 0.2) is 36.0 Å². The van der Waals surface area contributed by atoms with Crippen LogP contribution in [-0.4, -0.2) is 41.2 Å². The van der Waals surface area contributed by atoms with Gasteiger partial charge in [-0.1, -0.05) is 6.07 Å². The largest absolute Gasteiger partial charge is 0.332 e. The SMILES string of the molecule is Cl.O=C(C1SCCc2sccc21)N1CCNCC1c1cccnc1. The average Bonchev–Trinajstić information content (AvgIpc) is 3.10. The number of amides is 1. The molecule has 4 heterocycles. The van der Waals surface area contributed by atoms with Gasteiger partial charge >= 0.3 is 0 Å². The van der Waals surface area contributed by atoms with Crippen LogP contribution in [0.4, 0.5) is 0 Å². The molecule has 2 aliphatic heterocycles. The van der Waals surface area contributed by atoms with Crippen molar-refractivity contribution >= 4 is 41.4 Å². The topological polar surface area (TPSA) is 45.2 Å². The van der Waals surface area contributed by atoms with Gasteiger partial charge in [-0.2, -0.15) is 0 Å². The minimum absolute atomic E-state index is 0. The summed E-state index contributed by atoms with van der Waals surface area (Å²) in [6.45, 7) is 2.41. The molecule has 2 aromatic rings. The van der Waals surface area contributed by atoms with Gasteiger partial charge < -0.3 is 10.2 Å². The van der Waals surface area contributed by atoms with Crippen molar-refractivity contribution in [1.29, 1.82) is 0 Å². The number of piperazine rings is 1. The van der Waals surface area contributed by atoms with E-state index in [1.54, 1.807) is 29.3 Å². The fourth-order valence-electron chi connectivity index (χ4n) is 3.34. The second-order valence-electron chi connectivity index (χ2n) is 5.84. The Morgan fingerprint density at radius 3 is 3.12 bits per heavy atom. The summed E-state index contributed by atoms with van der Waals surface area (Å²) in [6.07, 6.45) is 4.75. The molecule has 4 nitrogen and oxygen atoms in total. The summed E-state index contributed by atoms with van der Waals surface area (Å²) in [7, 11) is 0. The zero-order valence-corrected chi connectivity index (χ0v) is 15.6. The predicted octanol–water partition coefficient (Wildman–Crippen LogP) is 3.07. The molecule has 0 bridgehead atoms. The summed E-state index contributed by atoms with van der Waals surface area (Å²) in [5, 5.41) is 5.49. The highest BCUT2D eigenvalue weighted by Gasteiger charge is 2.36. The van der Waals surface area contributed by atoms with E-state index in [-0.39, 0.29) is 29.6 Å². The second kappa shape index (κ2) is 7.87. The van der Waals surface area contributed by atoms with Crippen molar-refractivity contribution in [3.05, 3.63) is 52.0 Å². The number of thioether (sulfide) groups is 1. The Morgan fingerprint density at radius 2 is 2.29 bits per heavy atom. The van der Waals surface area contributed by atoms with Crippen molar-refractivity contribution in [3.63, 3.8) is 0 Å². The van der Waals surface area contributed by atoms with Gasteiger partial charge in [0, 0.05) is 36.9 Å². The number of halogens is 1. The van der Waals surface area contributed by atoms with Gasteiger partial charge in [0.15, 0.2) is 0 Å². The summed E-state index contributed by atoms with van der Waals surface area (Å²) >= 11 is 3.57. The minimum Gasteiger partial charge on any atom is -0.332 e. The van der Waals surface area contributed by atoms with Gasteiger partial charge in [-0.25, -0.2) is 0 Å². The number of hydrogen-bond donors (Lipinski definition) is 1. The average molecular weight is 382 g/mol. The highest BCUT2D eigenvalue weighted by molar-refractivity contribution is 8.00. The Hall–Kier alpha value is -1.08. The minimum atomic E-state index is -0.0396. The van der Waals surface area contributed by atoms with Gasteiger partial charge in [-0.3, -0.25) is 9.78 Å². The number of carbonyl (C=O) groups is 1. The molecule has 2 aliphatic rings. The summed E-state index contributed by atoms with van der Waals surface area (Å²) in [6, 6.07) is 6.22. The van der Waals surface area contributed by atoms with Crippen LogP contribution < -0.4 is 5.32 Å². The molecule has 1 N–H and O–H groups in total. The molecule has 0 aromatic carbocycles. The quantitative estimate of drug-likeness (QED) is 0.868. The molecule has 0 radical (unpaired) electrons. The van der Waals surface area contributed by atoms with Crippen molar-refractivity contribution in [3.8, 4) is 0 Å². The highest BCUT2D eigenvalue weighted by Crippen LogP contribution is 2.41. The molecule has 0 aliphatic carbocycles. The maximum absolute atomic E-state index is 13.3. The number of thiophene rings is 1. The number of pyridine rings is 1. The van der Waals surface area contributed by atoms with Crippen molar-refractivity contribution in [1.82, 2.24) is 15.2 Å². The van der Waals surface area contributed by atoms with E-state index in [1.165, 1.54) is 10.4 Å². The van der Waals surface area contributed by atoms with E-state index in [1.807, 2.05) is 12.3 Å². The molecule has 0 saturated carbocycles. The molecule has 1 amide bonds. The number of hydrogen-bond acceptors (Lipinski definition) is 5. The fourth-order valence-corrected chi connectivity index (χ4v) is 5.70. The van der Waals surface area contributed by atoms with Crippen molar-refractivity contribution in [2.45, 2.75) is 17.7 Å². The molecule has 128 valence electrons. The normalized spacial score (nSPS) is 23.2. The number of nitrogens with one attached hydrogen (secondary N) is 1. The second-order valence-corrected chi connectivity index (χ2v) is 8.05. The molecule has 4 rings (SSSR count).